The molecule has 2 aromatic carbocycles. The van der Waals surface area contributed by atoms with Crippen LogP contribution in [-0.4, -0.2) is 25.3 Å². The van der Waals surface area contributed by atoms with E-state index in [9.17, 15) is 4.79 Å². The number of rotatable bonds is 8. The van der Waals surface area contributed by atoms with Gasteiger partial charge in [0.2, 0.25) is 0 Å². The monoisotopic (exact) mass is 341 g/mol. The molecule has 0 unspecified atom stereocenters. The van der Waals surface area contributed by atoms with Crippen molar-refractivity contribution in [3.05, 3.63) is 66.4 Å². The predicted molar refractivity (Wildman–Crippen MR) is 94.2 cm³/mol. The van der Waals surface area contributed by atoms with Crippen molar-refractivity contribution >= 4 is 11.7 Å². The van der Waals surface area contributed by atoms with Gasteiger partial charge in [-0.05, 0) is 42.0 Å². The number of hydrogen-bond acceptors (Lipinski definition) is 5. The van der Waals surface area contributed by atoms with Crippen molar-refractivity contribution in [1.82, 2.24) is 0 Å². The second-order valence-corrected chi connectivity index (χ2v) is 4.96. The van der Waals surface area contributed by atoms with E-state index in [4.69, 9.17) is 14.6 Å². The van der Waals surface area contributed by atoms with E-state index in [1.807, 2.05) is 12.1 Å². The molecule has 130 valence electrons. The highest BCUT2D eigenvalue weighted by Crippen LogP contribution is 2.27. The number of hydrogen-bond donors (Lipinski definition) is 1. The summed E-state index contributed by atoms with van der Waals surface area (Å²) in [5.41, 5.74) is 1.78. The molecule has 0 heterocycles. The van der Waals surface area contributed by atoms with Crippen molar-refractivity contribution in [3.63, 3.8) is 0 Å². The summed E-state index contributed by atoms with van der Waals surface area (Å²) in [6, 6.07) is 11.8. The first-order valence-corrected chi connectivity index (χ1v) is 7.42. The van der Waals surface area contributed by atoms with Crippen LogP contribution in [-0.2, 0) is 6.54 Å². The van der Waals surface area contributed by atoms with Gasteiger partial charge in [-0.1, -0.05) is 17.9 Å². The van der Waals surface area contributed by atoms with Crippen molar-refractivity contribution in [2.45, 2.75) is 6.54 Å². The predicted octanol–water partition coefficient (Wildman–Crippen LogP) is 3.92. The van der Waals surface area contributed by atoms with Gasteiger partial charge in [0.25, 0.3) is 0 Å². The highest BCUT2D eigenvalue weighted by atomic mass is 16.5. The van der Waals surface area contributed by atoms with Crippen molar-refractivity contribution in [2.75, 3.05) is 19.2 Å². The molecule has 0 atom stereocenters. The maximum absolute atomic E-state index is 10.9. The van der Waals surface area contributed by atoms with Crippen LogP contribution in [0, 0.1) is 0 Å². The third-order valence-corrected chi connectivity index (χ3v) is 3.41. The van der Waals surface area contributed by atoms with Crippen LogP contribution < -0.4 is 14.5 Å². The summed E-state index contributed by atoms with van der Waals surface area (Å²) in [7, 11) is 3.15. The van der Waals surface area contributed by atoms with E-state index in [0.717, 1.165) is 5.56 Å². The summed E-state index contributed by atoms with van der Waals surface area (Å²) in [6.45, 7) is 4.04. The number of benzene rings is 2. The number of aromatic carboxylic acids is 1. The van der Waals surface area contributed by atoms with E-state index < -0.39 is 5.97 Å². The maximum atomic E-state index is 10.9. The zero-order valence-electron chi connectivity index (χ0n) is 14.0. The number of carboxylic acids is 1. The minimum Gasteiger partial charge on any atom is -0.493 e. The third kappa shape index (κ3) is 4.57. The molecule has 0 saturated carbocycles. The van der Waals surface area contributed by atoms with Crippen LogP contribution in [0.25, 0.3) is 0 Å². The van der Waals surface area contributed by atoms with E-state index in [-0.39, 0.29) is 5.56 Å². The van der Waals surface area contributed by atoms with Gasteiger partial charge in [0, 0.05) is 6.20 Å². The molecule has 0 aliphatic rings. The van der Waals surface area contributed by atoms with Gasteiger partial charge in [0.1, 0.15) is 0 Å². The molecular weight excluding hydrogens is 322 g/mol. The highest BCUT2D eigenvalue weighted by Gasteiger charge is 2.06. The molecule has 0 spiro atoms. The quantitative estimate of drug-likeness (QED) is 0.581. The topological polar surface area (TPSA) is 83.7 Å². The van der Waals surface area contributed by atoms with Gasteiger partial charge in [0.05, 0.1) is 32.0 Å². The Kier molecular flexibility index (Phi) is 6.11. The average Bonchev–Trinajstić information content (AvgIpc) is 2.65. The van der Waals surface area contributed by atoms with Gasteiger partial charge >= 0.3 is 5.97 Å². The molecule has 0 aliphatic heterocycles. The molecule has 0 bridgehead atoms. The van der Waals surface area contributed by atoms with E-state index in [0.29, 0.717) is 23.7 Å². The summed E-state index contributed by atoms with van der Waals surface area (Å²) in [6.07, 6.45) is 1.49. The van der Waals surface area contributed by atoms with Crippen LogP contribution in [0.15, 0.2) is 65.6 Å². The Balaban J connectivity index is 2.08. The molecule has 0 radical (unpaired) electrons. The fourth-order valence-electron chi connectivity index (χ4n) is 2.11. The number of methoxy groups -OCH3 is 2. The Morgan fingerprint density at radius 2 is 1.84 bits per heavy atom. The Labute approximate surface area is 145 Å². The normalized spacial score (nSPS) is 10.5. The molecule has 0 aliphatic carbocycles. The van der Waals surface area contributed by atoms with Crippen LogP contribution in [0.3, 0.4) is 0 Å². The van der Waals surface area contributed by atoms with E-state index in [1.165, 1.54) is 23.3 Å². The molecule has 1 N–H and O–H groups in total. The molecule has 0 fully saturated rings. The third-order valence-electron chi connectivity index (χ3n) is 3.41. The van der Waals surface area contributed by atoms with Crippen LogP contribution in [0.1, 0.15) is 15.9 Å². The van der Waals surface area contributed by atoms with Gasteiger partial charge in [-0.3, -0.25) is 0 Å². The first kappa shape index (κ1) is 18.0. The number of nitrogens with zero attached hydrogens (tertiary/aromatic N) is 3. The molecular formula is C18H19N3O4. The van der Waals surface area contributed by atoms with Crippen molar-refractivity contribution in [3.8, 4) is 11.5 Å². The fraction of sp³-hybridized carbons (Fsp3) is 0.167. The minimum absolute atomic E-state index is 0.204. The van der Waals surface area contributed by atoms with Crippen LogP contribution in [0.5, 0.6) is 11.5 Å². The van der Waals surface area contributed by atoms with Gasteiger partial charge in [-0.25, -0.2) is 9.80 Å². The van der Waals surface area contributed by atoms with Gasteiger partial charge in [0.15, 0.2) is 11.5 Å². The Hall–Kier alpha value is -3.35. The second kappa shape index (κ2) is 8.49. The first-order chi connectivity index (χ1) is 12.1. The van der Waals surface area contributed by atoms with Gasteiger partial charge < -0.3 is 14.6 Å². The number of carboxylic acid groups (broad SMARTS) is 1. The number of carbonyl (C=O) groups is 1. The lowest BCUT2D eigenvalue weighted by Crippen LogP contribution is -2.06. The Bertz CT molecular complexity index is 772. The Morgan fingerprint density at radius 1 is 1.16 bits per heavy atom. The van der Waals surface area contributed by atoms with E-state index >= 15 is 0 Å². The van der Waals surface area contributed by atoms with Crippen molar-refractivity contribution in [2.24, 2.45) is 10.3 Å². The maximum Gasteiger partial charge on any atom is 0.335 e. The molecule has 2 aromatic rings. The van der Waals surface area contributed by atoms with Crippen LogP contribution >= 0.6 is 0 Å². The van der Waals surface area contributed by atoms with E-state index in [2.05, 4.69) is 16.9 Å². The molecule has 7 heteroatoms. The summed E-state index contributed by atoms with van der Waals surface area (Å²) >= 11 is 0. The summed E-state index contributed by atoms with van der Waals surface area (Å²) in [5.74, 6) is 0.293. The highest BCUT2D eigenvalue weighted by molar-refractivity contribution is 5.88. The lowest BCUT2D eigenvalue weighted by Gasteiger charge is -2.12. The zero-order chi connectivity index (χ0) is 18.2. The molecule has 7 nitrogen and oxygen atoms in total. The second-order valence-electron chi connectivity index (χ2n) is 4.96. The molecule has 2 rings (SSSR count). The number of ether oxygens (including phenoxy) is 2. The van der Waals surface area contributed by atoms with Crippen LogP contribution in [0.2, 0.25) is 0 Å². The smallest absolute Gasteiger partial charge is 0.335 e. The van der Waals surface area contributed by atoms with Gasteiger partial charge in [-0.15, -0.1) is 0 Å². The van der Waals surface area contributed by atoms with Gasteiger partial charge in [-0.2, -0.15) is 5.11 Å². The van der Waals surface area contributed by atoms with Crippen LogP contribution in [0.4, 0.5) is 5.69 Å². The lowest BCUT2D eigenvalue weighted by atomic mass is 10.2. The molecule has 0 saturated heterocycles. The average molecular weight is 341 g/mol. The first-order valence-electron chi connectivity index (χ1n) is 7.42. The van der Waals surface area contributed by atoms with Crippen molar-refractivity contribution in [1.29, 1.82) is 0 Å². The summed E-state index contributed by atoms with van der Waals surface area (Å²) < 4.78 is 10.4. The standard InChI is InChI=1S/C18H19N3O4/c1-4-21(15-8-6-14(7-9-15)18(22)23)20-19-12-13-5-10-16(24-2)17(11-13)25-3/h4-11H,1,12H2,2-3H3,(H,22,23). The fourth-order valence-corrected chi connectivity index (χ4v) is 2.11. The summed E-state index contributed by atoms with van der Waals surface area (Å²) in [5, 5.41) is 18.6. The minimum atomic E-state index is -0.980. The molecule has 0 aromatic heterocycles. The molecule has 25 heavy (non-hydrogen) atoms. The lowest BCUT2D eigenvalue weighted by molar-refractivity contribution is 0.0697. The van der Waals surface area contributed by atoms with E-state index in [1.54, 1.807) is 32.4 Å². The number of anilines is 1. The largest absolute Gasteiger partial charge is 0.493 e. The SMILES string of the molecule is C=CN(N=NCc1ccc(OC)c(OC)c1)c1ccc(C(=O)O)cc1. The zero-order valence-corrected chi connectivity index (χ0v) is 14.0. The molecule has 0 amide bonds. The summed E-state index contributed by atoms with van der Waals surface area (Å²) in [4.78, 5) is 10.9. The van der Waals surface area contributed by atoms with Crippen molar-refractivity contribution < 1.29 is 19.4 Å². The Morgan fingerprint density at radius 3 is 2.40 bits per heavy atom.